The SMILES string of the molecule is COc1ccc(N2Cc3cc(Cl)c(C)c(Cl)c3C2=O)cc1OCCN1CCC(C)CC1. The third kappa shape index (κ3) is 4.50. The zero-order valence-corrected chi connectivity index (χ0v) is 19.7. The van der Waals surface area contributed by atoms with Gasteiger partial charge in [0.25, 0.3) is 5.91 Å². The van der Waals surface area contributed by atoms with E-state index in [1.54, 1.807) is 12.0 Å². The summed E-state index contributed by atoms with van der Waals surface area (Å²) in [6, 6.07) is 7.40. The van der Waals surface area contributed by atoms with Crippen molar-refractivity contribution in [2.24, 2.45) is 5.92 Å². The second-order valence-electron chi connectivity index (χ2n) is 8.43. The van der Waals surface area contributed by atoms with Crippen LogP contribution in [0.1, 0.15) is 41.3 Å². The van der Waals surface area contributed by atoms with Crippen LogP contribution in [0.2, 0.25) is 10.0 Å². The Kier molecular flexibility index (Phi) is 6.65. The van der Waals surface area contributed by atoms with Gasteiger partial charge in [0.15, 0.2) is 11.5 Å². The third-order valence-corrected chi connectivity index (χ3v) is 7.18. The molecule has 2 aromatic rings. The highest BCUT2D eigenvalue weighted by Crippen LogP contribution is 2.40. The second kappa shape index (κ2) is 9.27. The van der Waals surface area contributed by atoms with Crippen molar-refractivity contribution in [2.45, 2.75) is 33.2 Å². The van der Waals surface area contributed by atoms with E-state index in [-0.39, 0.29) is 5.91 Å². The predicted octanol–water partition coefficient (Wildman–Crippen LogP) is 5.58. The third-order valence-electron chi connectivity index (χ3n) is 6.32. The molecule has 0 atom stereocenters. The number of carbonyl (C=O) groups is 1. The number of likely N-dealkylation sites (tertiary alicyclic amines) is 1. The number of halogens is 2. The van der Waals surface area contributed by atoms with Crippen LogP contribution in [0.25, 0.3) is 0 Å². The molecule has 0 spiro atoms. The first-order valence-corrected chi connectivity index (χ1v) is 11.5. The van der Waals surface area contributed by atoms with Crippen molar-refractivity contribution in [3.8, 4) is 11.5 Å². The average Bonchev–Trinajstić information content (AvgIpc) is 3.09. The quantitative estimate of drug-likeness (QED) is 0.561. The molecule has 2 aliphatic rings. The summed E-state index contributed by atoms with van der Waals surface area (Å²) in [6.07, 6.45) is 2.48. The van der Waals surface area contributed by atoms with Gasteiger partial charge in [-0.15, -0.1) is 0 Å². The normalized spacial score (nSPS) is 17.2. The molecule has 2 heterocycles. The van der Waals surface area contributed by atoms with E-state index in [2.05, 4.69) is 11.8 Å². The molecule has 2 aliphatic heterocycles. The number of anilines is 1. The Morgan fingerprint density at radius 3 is 2.58 bits per heavy atom. The van der Waals surface area contributed by atoms with Crippen molar-refractivity contribution in [1.29, 1.82) is 0 Å². The van der Waals surface area contributed by atoms with Gasteiger partial charge in [0.2, 0.25) is 0 Å². The van der Waals surface area contributed by atoms with Crippen LogP contribution in [0, 0.1) is 12.8 Å². The van der Waals surface area contributed by atoms with E-state index >= 15 is 0 Å². The Bertz CT molecular complexity index is 987. The van der Waals surface area contributed by atoms with Crippen LogP contribution in [-0.4, -0.2) is 44.2 Å². The first-order valence-electron chi connectivity index (χ1n) is 10.7. The van der Waals surface area contributed by atoms with Crippen LogP contribution in [0.15, 0.2) is 24.3 Å². The van der Waals surface area contributed by atoms with E-state index < -0.39 is 0 Å². The van der Waals surface area contributed by atoms with E-state index in [4.69, 9.17) is 32.7 Å². The predicted molar refractivity (Wildman–Crippen MR) is 125 cm³/mol. The summed E-state index contributed by atoms with van der Waals surface area (Å²) in [5, 5.41) is 1.00. The maximum atomic E-state index is 13.1. The van der Waals surface area contributed by atoms with Crippen molar-refractivity contribution >= 4 is 34.8 Å². The summed E-state index contributed by atoms with van der Waals surface area (Å²) in [4.78, 5) is 17.2. The van der Waals surface area contributed by atoms with Crippen LogP contribution in [0.3, 0.4) is 0 Å². The van der Waals surface area contributed by atoms with Gasteiger partial charge < -0.3 is 14.4 Å². The Hall–Kier alpha value is -1.95. The first-order chi connectivity index (χ1) is 14.9. The summed E-state index contributed by atoms with van der Waals surface area (Å²) in [5.41, 5.74) is 2.83. The smallest absolute Gasteiger partial charge is 0.260 e. The Morgan fingerprint density at radius 2 is 1.87 bits per heavy atom. The maximum Gasteiger partial charge on any atom is 0.260 e. The Labute approximate surface area is 193 Å². The zero-order chi connectivity index (χ0) is 22.1. The minimum Gasteiger partial charge on any atom is -0.493 e. The molecule has 2 aromatic carbocycles. The van der Waals surface area contributed by atoms with Crippen molar-refractivity contribution in [3.63, 3.8) is 0 Å². The number of fused-ring (bicyclic) bond motifs is 1. The van der Waals surface area contributed by atoms with Crippen molar-refractivity contribution in [1.82, 2.24) is 4.90 Å². The lowest BCUT2D eigenvalue weighted by molar-refractivity contribution is 0.0996. The van der Waals surface area contributed by atoms with Gasteiger partial charge in [0, 0.05) is 23.3 Å². The fraction of sp³-hybridized carbons (Fsp3) is 0.458. The lowest BCUT2D eigenvalue weighted by Crippen LogP contribution is -2.35. The molecule has 0 radical (unpaired) electrons. The number of nitrogens with zero attached hydrogens (tertiary/aromatic N) is 2. The summed E-state index contributed by atoms with van der Waals surface area (Å²) >= 11 is 12.7. The summed E-state index contributed by atoms with van der Waals surface area (Å²) in [5.74, 6) is 1.97. The monoisotopic (exact) mass is 462 g/mol. The van der Waals surface area contributed by atoms with Crippen molar-refractivity contribution in [3.05, 3.63) is 51.0 Å². The van der Waals surface area contributed by atoms with Crippen molar-refractivity contribution < 1.29 is 14.3 Å². The summed E-state index contributed by atoms with van der Waals surface area (Å²) < 4.78 is 11.6. The van der Waals surface area contributed by atoms with Crippen LogP contribution in [-0.2, 0) is 6.54 Å². The van der Waals surface area contributed by atoms with Gasteiger partial charge in [0.05, 0.1) is 24.2 Å². The standard InChI is InChI=1S/C24H28Cl2N2O3/c1-15-6-8-27(9-7-15)10-11-31-21-13-18(4-5-20(21)30-3)28-14-17-12-19(25)16(2)23(26)22(17)24(28)29/h4-5,12-13,15H,6-11,14H2,1-3H3. The molecule has 166 valence electrons. The number of carbonyl (C=O) groups excluding carboxylic acids is 1. The minimum absolute atomic E-state index is 0.127. The second-order valence-corrected chi connectivity index (χ2v) is 9.22. The van der Waals surface area contributed by atoms with Crippen LogP contribution < -0.4 is 14.4 Å². The molecular formula is C24H28Cl2N2O3. The number of amides is 1. The Balaban J connectivity index is 1.50. The van der Waals surface area contributed by atoms with Crippen molar-refractivity contribution in [2.75, 3.05) is 38.3 Å². The molecule has 5 nitrogen and oxygen atoms in total. The van der Waals surface area contributed by atoms with Gasteiger partial charge in [-0.3, -0.25) is 9.69 Å². The first kappa shape index (κ1) is 22.3. The van der Waals surface area contributed by atoms with Gasteiger partial charge in [-0.1, -0.05) is 30.1 Å². The van der Waals surface area contributed by atoms with E-state index in [1.165, 1.54) is 12.8 Å². The molecule has 1 saturated heterocycles. The van der Waals surface area contributed by atoms with Gasteiger partial charge >= 0.3 is 0 Å². The lowest BCUT2D eigenvalue weighted by atomic mass is 9.99. The number of rotatable bonds is 6. The largest absolute Gasteiger partial charge is 0.493 e. The average molecular weight is 463 g/mol. The van der Waals surface area contributed by atoms with E-state index in [9.17, 15) is 4.79 Å². The zero-order valence-electron chi connectivity index (χ0n) is 18.2. The topological polar surface area (TPSA) is 42.0 Å². The molecule has 7 heteroatoms. The van der Waals surface area contributed by atoms with Crippen LogP contribution in [0.5, 0.6) is 11.5 Å². The van der Waals surface area contributed by atoms with Gasteiger partial charge in [-0.25, -0.2) is 0 Å². The molecular weight excluding hydrogens is 435 g/mol. The Morgan fingerprint density at radius 1 is 1.13 bits per heavy atom. The number of methoxy groups -OCH3 is 1. The van der Waals surface area contributed by atoms with Gasteiger partial charge in [-0.05, 0) is 68.1 Å². The number of hydrogen-bond donors (Lipinski definition) is 0. The molecule has 0 N–H and O–H groups in total. The number of ether oxygens (including phenoxy) is 2. The molecule has 4 rings (SSSR count). The molecule has 0 aliphatic carbocycles. The number of hydrogen-bond acceptors (Lipinski definition) is 4. The van der Waals surface area contributed by atoms with E-state index in [0.717, 1.165) is 42.4 Å². The van der Waals surface area contributed by atoms with E-state index in [0.29, 0.717) is 40.3 Å². The molecule has 0 unspecified atom stereocenters. The number of benzene rings is 2. The molecule has 1 amide bonds. The molecule has 0 saturated carbocycles. The maximum absolute atomic E-state index is 13.1. The van der Waals surface area contributed by atoms with Crippen LogP contribution >= 0.6 is 23.2 Å². The molecule has 0 bridgehead atoms. The van der Waals surface area contributed by atoms with E-state index in [1.807, 2.05) is 31.2 Å². The lowest BCUT2D eigenvalue weighted by Gasteiger charge is -2.30. The molecule has 1 fully saturated rings. The van der Waals surface area contributed by atoms with Gasteiger partial charge in [-0.2, -0.15) is 0 Å². The fourth-order valence-electron chi connectivity index (χ4n) is 4.22. The fourth-order valence-corrected chi connectivity index (χ4v) is 4.80. The molecule has 0 aromatic heterocycles. The molecule has 31 heavy (non-hydrogen) atoms. The highest BCUT2D eigenvalue weighted by atomic mass is 35.5. The highest BCUT2D eigenvalue weighted by Gasteiger charge is 2.32. The summed E-state index contributed by atoms with van der Waals surface area (Å²) in [7, 11) is 1.62. The highest BCUT2D eigenvalue weighted by molar-refractivity contribution is 6.39. The van der Waals surface area contributed by atoms with Gasteiger partial charge in [0.1, 0.15) is 6.61 Å². The summed E-state index contributed by atoms with van der Waals surface area (Å²) in [6.45, 7) is 8.24. The van der Waals surface area contributed by atoms with Crippen LogP contribution in [0.4, 0.5) is 5.69 Å². The minimum atomic E-state index is -0.127. The number of piperidine rings is 1.